The molecule has 10 heteroatoms. The lowest BCUT2D eigenvalue weighted by atomic mass is 10.1. The molecule has 0 bridgehead atoms. The monoisotopic (exact) mass is 473 g/mol. The lowest BCUT2D eigenvalue weighted by Crippen LogP contribution is -2.49. The Balaban J connectivity index is 1.75. The van der Waals surface area contributed by atoms with Crippen molar-refractivity contribution in [3.05, 3.63) is 65.7 Å². The predicted molar refractivity (Wildman–Crippen MR) is 121 cm³/mol. The van der Waals surface area contributed by atoms with E-state index < -0.39 is 27.9 Å². The van der Waals surface area contributed by atoms with Crippen LogP contribution in [0.15, 0.2) is 59.5 Å². The van der Waals surface area contributed by atoms with Gasteiger partial charge in [0.05, 0.1) is 12.0 Å². The minimum absolute atomic E-state index is 0.0240. The summed E-state index contributed by atoms with van der Waals surface area (Å²) < 4.78 is 32.3. The molecule has 9 nitrogen and oxygen atoms in total. The third-order valence-electron chi connectivity index (χ3n) is 5.49. The van der Waals surface area contributed by atoms with E-state index in [1.165, 1.54) is 42.6 Å². The lowest BCUT2D eigenvalue weighted by molar-refractivity contribution is -0.142. The summed E-state index contributed by atoms with van der Waals surface area (Å²) in [5.74, 6) is -1.28. The molecule has 2 aromatic rings. The van der Waals surface area contributed by atoms with Crippen molar-refractivity contribution < 1.29 is 27.5 Å². The van der Waals surface area contributed by atoms with Crippen LogP contribution < -0.4 is 5.32 Å². The Kier molecular flexibility index (Phi) is 7.83. The molecule has 0 aliphatic carbocycles. The number of sulfonamides is 1. The maximum Gasteiger partial charge on any atom is 0.328 e. The number of benzene rings is 2. The van der Waals surface area contributed by atoms with Crippen molar-refractivity contribution in [3.63, 3.8) is 0 Å². The fourth-order valence-electron chi connectivity index (χ4n) is 3.62. The number of piperazine rings is 1. The molecule has 1 fully saturated rings. The number of nitrogens with one attached hydrogen (secondary N) is 1. The number of nitrogens with zero attached hydrogens (tertiary/aromatic N) is 2. The highest BCUT2D eigenvalue weighted by Gasteiger charge is 2.30. The molecule has 0 radical (unpaired) electrons. The Hall–Kier alpha value is -3.24. The Morgan fingerprint density at radius 2 is 1.67 bits per heavy atom. The molecule has 0 saturated carbocycles. The lowest BCUT2D eigenvalue weighted by Gasteiger charge is -2.33. The Labute approximate surface area is 193 Å². The van der Waals surface area contributed by atoms with E-state index in [9.17, 15) is 22.8 Å². The second kappa shape index (κ2) is 10.6. The van der Waals surface area contributed by atoms with Gasteiger partial charge >= 0.3 is 5.97 Å². The average Bonchev–Trinajstić information content (AvgIpc) is 2.83. The highest BCUT2D eigenvalue weighted by molar-refractivity contribution is 7.89. The zero-order chi connectivity index (χ0) is 24.0. The summed E-state index contributed by atoms with van der Waals surface area (Å²) in [5.41, 5.74) is 0.953. The highest BCUT2D eigenvalue weighted by Crippen LogP contribution is 2.19. The van der Waals surface area contributed by atoms with Crippen LogP contribution in [-0.2, 0) is 30.8 Å². The van der Waals surface area contributed by atoms with Gasteiger partial charge in [-0.1, -0.05) is 36.4 Å². The molecule has 2 aromatic carbocycles. The van der Waals surface area contributed by atoms with Crippen LogP contribution in [0.25, 0.3) is 0 Å². The first-order valence-corrected chi connectivity index (χ1v) is 11.9. The number of esters is 1. The number of ether oxygens (including phenoxy) is 1. The Morgan fingerprint density at radius 3 is 2.27 bits per heavy atom. The Bertz CT molecular complexity index is 1110. The number of hydrogen-bond donors (Lipinski definition) is 1. The van der Waals surface area contributed by atoms with Gasteiger partial charge in [0.15, 0.2) is 0 Å². The molecule has 1 aliphatic heterocycles. The highest BCUT2D eigenvalue weighted by atomic mass is 32.2. The molecule has 3 rings (SSSR count). The van der Waals surface area contributed by atoms with Crippen molar-refractivity contribution in [2.45, 2.75) is 24.3 Å². The van der Waals surface area contributed by atoms with Crippen molar-refractivity contribution >= 4 is 27.8 Å². The van der Waals surface area contributed by atoms with E-state index in [0.29, 0.717) is 13.1 Å². The number of carbonyl (C=O) groups is 3. The molecular formula is C23H27N3O6S. The zero-order valence-electron chi connectivity index (χ0n) is 18.6. The van der Waals surface area contributed by atoms with E-state index in [-0.39, 0.29) is 35.9 Å². The van der Waals surface area contributed by atoms with Crippen LogP contribution in [0, 0.1) is 0 Å². The van der Waals surface area contributed by atoms with E-state index in [4.69, 9.17) is 4.74 Å². The minimum atomic E-state index is -3.84. The molecule has 1 N–H and O–H groups in total. The Morgan fingerprint density at radius 1 is 1.00 bits per heavy atom. The van der Waals surface area contributed by atoms with Crippen LogP contribution in [0.1, 0.15) is 22.8 Å². The van der Waals surface area contributed by atoms with E-state index in [2.05, 4.69) is 5.32 Å². The predicted octanol–water partition coefficient (Wildman–Crippen LogP) is 1.05. The van der Waals surface area contributed by atoms with Crippen LogP contribution in [0.2, 0.25) is 0 Å². The smallest absolute Gasteiger partial charge is 0.328 e. The van der Waals surface area contributed by atoms with Crippen molar-refractivity contribution in [2.24, 2.45) is 0 Å². The standard InChI is InChI=1S/C23H27N3O6S/c1-17(27)25-11-13-26(14-12-25)33(30,31)20-10-6-9-19(16-20)22(28)24-21(23(29)32-2)15-18-7-4-3-5-8-18/h3-10,16,21H,11-15H2,1-2H3,(H,24,28)/t21-/m0/s1. The summed E-state index contributed by atoms with van der Waals surface area (Å²) in [6.07, 6.45) is 0.234. The third kappa shape index (κ3) is 5.96. The molecule has 1 aliphatic rings. The molecule has 176 valence electrons. The quantitative estimate of drug-likeness (QED) is 0.602. The van der Waals surface area contributed by atoms with Crippen LogP contribution in [0.5, 0.6) is 0 Å². The SMILES string of the molecule is COC(=O)[C@H](Cc1ccccc1)NC(=O)c1cccc(S(=O)(=O)N2CCN(C(C)=O)CC2)c1. The van der Waals surface area contributed by atoms with E-state index in [1.807, 2.05) is 30.3 Å². The normalized spacial score (nSPS) is 15.5. The van der Waals surface area contributed by atoms with Gasteiger partial charge < -0.3 is 15.0 Å². The van der Waals surface area contributed by atoms with E-state index in [0.717, 1.165) is 5.56 Å². The second-order valence-corrected chi connectivity index (χ2v) is 9.61. The molecule has 0 spiro atoms. The van der Waals surface area contributed by atoms with Gasteiger partial charge in [-0.2, -0.15) is 4.31 Å². The molecule has 2 amide bonds. The van der Waals surface area contributed by atoms with Crippen LogP contribution in [0.4, 0.5) is 0 Å². The van der Waals surface area contributed by atoms with Crippen molar-refractivity contribution in [1.82, 2.24) is 14.5 Å². The summed E-state index contributed by atoms with van der Waals surface area (Å²) in [4.78, 5) is 38.2. The summed E-state index contributed by atoms with van der Waals surface area (Å²) in [7, 11) is -2.60. The topological polar surface area (TPSA) is 113 Å². The number of rotatable bonds is 7. The molecule has 33 heavy (non-hydrogen) atoms. The second-order valence-electron chi connectivity index (χ2n) is 7.68. The van der Waals surface area contributed by atoms with Gasteiger partial charge in [0.1, 0.15) is 6.04 Å². The first kappa shape index (κ1) is 24.4. The zero-order valence-corrected chi connectivity index (χ0v) is 19.4. The van der Waals surface area contributed by atoms with Crippen LogP contribution >= 0.6 is 0 Å². The maximum atomic E-state index is 13.1. The number of carbonyl (C=O) groups excluding carboxylic acids is 3. The van der Waals surface area contributed by atoms with Gasteiger partial charge in [-0.3, -0.25) is 9.59 Å². The van der Waals surface area contributed by atoms with Gasteiger partial charge in [0.25, 0.3) is 5.91 Å². The summed E-state index contributed by atoms with van der Waals surface area (Å²) in [6.45, 7) is 2.44. The van der Waals surface area contributed by atoms with E-state index in [1.54, 1.807) is 4.90 Å². The third-order valence-corrected chi connectivity index (χ3v) is 7.39. The van der Waals surface area contributed by atoms with Gasteiger partial charge in [-0.25, -0.2) is 13.2 Å². The average molecular weight is 474 g/mol. The molecule has 1 saturated heterocycles. The fraction of sp³-hybridized carbons (Fsp3) is 0.348. The first-order chi connectivity index (χ1) is 15.7. The van der Waals surface area contributed by atoms with Gasteiger partial charge in [-0.05, 0) is 23.8 Å². The van der Waals surface area contributed by atoms with Gasteiger partial charge in [-0.15, -0.1) is 0 Å². The molecule has 0 aromatic heterocycles. The molecule has 1 heterocycles. The summed E-state index contributed by atoms with van der Waals surface area (Å²) in [6, 6.07) is 13.9. The van der Waals surface area contributed by atoms with Crippen molar-refractivity contribution in [1.29, 1.82) is 0 Å². The first-order valence-electron chi connectivity index (χ1n) is 10.5. The van der Waals surface area contributed by atoms with Crippen molar-refractivity contribution in [3.8, 4) is 0 Å². The van der Waals surface area contributed by atoms with Crippen molar-refractivity contribution in [2.75, 3.05) is 33.3 Å². The van der Waals surface area contributed by atoms with Crippen LogP contribution in [-0.4, -0.2) is 74.7 Å². The van der Waals surface area contributed by atoms with Gasteiger partial charge in [0, 0.05) is 45.1 Å². The number of methoxy groups -OCH3 is 1. The number of amides is 2. The maximum absolute atomic E-state index is 13.1. The molecule has 1 atom stereocenters. The molecular weight excluding hydrogens is 446 g/mol. The molecule has 0 unspecified atom stereocenters. The summed E-state index contributed by atoms with van der Waals surface area (Å²) in [5, 5.41) is 2.64. The fourth-order valence-corrected chi connectivity index (χ4v) is 5.09. The van der Waals surface area contributed by atoms with Crippen LogP contribution in [0.3, 0.4) is 0 Å². The number of hydrogen-bond acceptors (Lipinski definition) is 6. The summed E-state index contributed by atoms with van der Waals surface area (Å²) >= 11 is 0. The van der Waals surface area contributed by atoms with E-state index >= 15 is 0 Å². The largest absolute Gasteiger partial charge is 0.467 e. The minimum Gasteiger partial charge on any atom is -0.467 e. The van der Waals surface area contributed by atoms with Gasteiger partial charge in [0.2, 0.25) is 15.9 Å².